The first-order valence-corrected chi connectivity index (χ1v) is 9.24. The first-order valence-electron chi connectivity index (χ1n) is 9.24. The van der Waals surface area contributed by atoms with E-state index in [1.54, 1.807) is 12.7 Å². The quantitative estimate of drug-likeness (QED) is 0.511. The number of allylic oxidation sites excluding steroid dienone is 3. The SMILES string of the molecule is C=C[C@@]1(C)CCC=C2C1CCC1[C@](C)(C(=O)OC)CCC[C@@]21C. The molecule has 3 aliphatic rings. The maximum Gasteiger partial charge on any atom is 0.311 e. The third-order valence-electron chi connectivity index (χ3n) is 7.67. The Bertz CT molecular complexity index is 548. The van der Waals surface area contributed by atoms with Gasteiger partial charge in [-0.25, -0.2) is 0 Å². The maximum absolute atomic E-state index is 12.6. The second-order valence-electron chi connectivity index (χ2n) is 8.77. The molecule has 2 unspecified atom stereocenters. The molecule has 0 saturated heterocycles. The highest BCUT2D eigenvalue weighted by atomic mass is 16.5. The largest absolute Gasteiger partial charge is 0.469 e. The molecule has 0 amide bonds. The highest BCUT2D eigenvalue weighted by Crippen LogP contribution is 2.65. The summed E-state index contributed by atoms with van der Waals surface area (Å²) in [5.74, 6) is 1.01. The normalized spacial score (nSPS) is 46.2. The van der Waals surface area contributed by atoms with E-state index in [1.165, 1.54) is 19.3 Å². The third kappa shape index (κ3) is 2.24. The molecule has 2 heteroatoms. The van der Waals surface area contributed by atoms with E-state index < -0.39 is 0 Å². The minimum Gasteiger partial charge on any atom is -0.469 e. The topological polar surface area (TPSA) is 26.3 Å². The van der Waals surface area contributed by atoms with Gasteiger partial charge in [-0.05, 0) is 68.1 Å². The van der Waals surface area contributed by atoms with Crippen molar-refractivity contribution in [3.8, 4) is 0 Å². The number of ether oxygens (including phenoxy) is 1. The molecule has 128 valence electrons. The summed E-state index contributed by atoms with van der Waals surface area (Å²) in [5.41, 5.74) is 1.67. The monoisotopic (exact) mass is 316 g/mol. The lowest BCUT2D eigenvalue weighted by Crippen LogP contribution is -2.54. The van der Waals surface area contributed by atoms with Crippen molar-refractivity contribution in [2.75, 3.05) is 7.11 Å². The van der Waals surface area contributed by atoms with Gasteiger partial charge in [0, 0.05) is 0 Å². The van der Waals surface area contributed by atoms with E-state index in [0.29, 0.717) is 11.8 Å². The van der Waals surface area contributed by atoms with Crippen LogP contribution in [0.3, 0.4) is 0 Å². The standard InChI is InChI=1S/C21H32O2/c1-6-19(2)12-7-9-16-15(19)10-11-17-20(16,3)13-8-14-21(17,4)18(22)23-5/h6,9,15,17H,1,7-8,10-14H2,2-5H3/t15?,17?,19-,20-,21+/m0/s1. The van der Waals surface area contributed by atoms with Crippen LogP contribution in [-0.2, 0) is 9.53 Å². The molecule has 0 radical (unpaired) electrons. The number of hydrogen-bond acceptors (Lipinski definition) is 2. The van der Waals surface area contributed by atoms with Crippen LogP contribution in [-0.4, -0.2) is 13.1 Å². The van der Waals surface area contributed by atoms with E-state index in [2.05, 4.69) is 39.5 Å². The molecule has 2 fully saturated rings. The number of fused-ring (bicyclic) bond motifs is 3. The second-order valence-corrected chi connectivity index (χ2v) is 8.77. The molecule has 2 saturated carbocycles. The molecule has 0 aromatic carbocycles. The van der Waals surface area contributed by atoms with Gasteiger partial charge in [0.1, 0.15) is 0 Å². The van der Waals surface area contributed by atoms with Gasteiger partial charge in [0.25, 0.3) is 0 Å². The fourth-order valence-corrected chi connectivity index (χ4v) is 6.24. The molecule has 0 spiro atoms. The van der Waals surface area contributed by atoms with Gasteiger partial charge < -0.3 is 4.74 Å². The smallest absolute Gasteiger partial charge is 0.311 e. The Kier molecular flexibility index (Phi) is 4.01. The summed E-state index contributed by atoms with van der Waals surface area (Å²) in [6.07, 6.45) is 12.7. The first kappa shape index (κ1) is 16.8. The van der Waals surface area contributed by atoms with E-state index in [-0.39, 0.29) is 22.2 Å². The van der Waals surface area contributed by atoms with Crippen molar-refractivity contribution in [3.63, 3.8) is 0 Å². The highest BCUT2D eigenvalue weighted by Gasteiger charge is 2.59. The minimum absolute atomic E-state index is 0.00485. The Morgan fingerprint density at radius 1 is 1.26 bits per heavy atom. The summed E-state index contributed by atoms with van der Waals surface area (Å²) in [5, 5.41) is 0. The molecule has 23 heavy (non-hydrogen) atoms. The van der Waals surface area contributed by atoms with Crippen LogP contribution in [0, 0.1) is 28.1 Å². The summed E-state index contributed by atoms with van der Waals surface area (Å²) in [4.78, 5) is 12.6. The van der Waals surface area contributed by atoms with Crippen LogP contribution in [0.4, 0.5) is 0 Å². The minimum atomic E-state index is -0.324. The molecule has 0 aromatic heterocycles. The average Bonchev–Trinajstić information content (AvgIpc) is 2.54. The lowest BCUT2D eigenvalue weighted by atomic mass is 9.44. The van der Waals surface area contributed by atoms with Crippen molar-refractivity contribution in [3.05, 3.63) is 24.3 Å². The van der Waals surface area contributed by atoms with Crippen LogP contribution in [0.5, 0.6) is 0 Å². The van der Waals surface area contributed by atoms with Gasteiger partial charge in [-0.1, -0.05) is 38.0 Å². The molecule has 0 heterocycles. The molecule has 0 bridgehead atoms. The maximum atomic E-state index is 12.6. The summed E-state index contributed by atoms with van der Waals surface area (Å²) in [6, 6.07) is 0. The fraction of sp³-hybridized carbons (Fsp3) is 0.762. The zero-order valence-corrected chi connectivity index (χ0v) is 15.3. The Hall–Kier alpha value is -1.05. The Morgan fingerprint density at radius 2 is 2.00 bits per heavy atom. The average molecular weight is 316 g/mol. The van der Waals surface area contributed by atoms with Crippen LogP contribution in [0.1, 0.15) is 65.7 Å². The lowest BCUT2D eigenvalue weighted by molar-refractivity contribution is -0.164. The highest BCUT2D eigenvalue weighted by molar-refractivity contribution is 5.77. The zero-order valence-electron chi connectivity index (χ0n) is 15.3. The summed E-state index contributed by atoms with van der Waals surface area (Å²) >= 11 is 0. The zero-order chi connectivity index (χ0) is 16.9. The van der Waals surface area contributed by atoms with E-state index in [0.717, 1.165) is 25.7 Å². The first-order chi connectivity index (χ1) is 10.8. The van der Waals surface area contributed by atoms with Crippen LogP contribution in [0.2, 0.25) is 0 Å². The summed E-state index contributed by atoms with van der Waals surface area (Å²) < 4.78 is 5.21. The number of hydrogen-bond donors (Lipinski definition) is 0. The van der Waals surface area contributed by atoms with Crippen molar-refractivity contribution < 1.29 is 9.53 Å². The van der Waals surface area contributed by atoms with Crippen molar-refractivity contribution in [1.82, 2.24) is 0 Å². The molecular weight excluding hydrogens is 284 g/mol. The lowest BCUT2D eigenvalue weighted by Gasteiger charge is -2.59. The van der Waals surface area contributed by atoms with Gasteiger partial charge in [-0.3, -0.25) is 4.79 Å². The van der Waals surface area contributed by atoms with Gasteiger partial charge in [-0.2, -0.15) is 0 Å². The van der Waals surface area contributed by atoms with Gasteiger partial charge in [0.2, 0.25) is 0 Å². The van der Waals surface area contributed by atoms with Gasteiger partial charge in [-0.15, -0.1) is 6.58 Å². The van der Waals surface area contributed by atoms with Gasteiger partial charge >= 0.3 is 5.97 Å². The van der Waals surface area contributed by atoms with E-state index in [4.69, 9.17) is 4.74 Å². The number of carbonyl (C=O) groups excluding carboxylic acids is 1. The van der Waals surface area contributed by atoms with Crippen molar-refractivity contribution >= 4 is 5.97 Å². The number of rotatable bonds is 2. The Balaban J connectivity index is 2.03. The van der Waals surface area contributed by atoms with E-state index in [1.807, 2.05) is 0 Å². The van der Waals surface area contributed by atoms with Crippen LogP contribution >= 0.6 is 0 Å². The number of esters is 1. The molecule has 2 nitrogen and oxygen atoms in total. The molecule has 3 aliphatic carbocycles. The van der Waals surface area contributed by atoms with E-state index >= 15 is 0 Å². The molecule has 0 aromatic rings. The fourth-order valence-electron chi connectivity index (χ4n) is 6.24. The number of methoxy groups -OCH3 is 1. The Morgan fingerprint density at radius 3 is 2.65 bits per heavy atom. The summed E-state index contributed by atoms with van der Waals surface area (Å²) in [6.45, 7) is 11.1. The van der Waals surface area contributed by atoms with Crippen molar-refractivity contribution in [2.24, 2.45) is 28.1 Å². The molecule has 0 aliphatic heterocycles. The summed E-state index contributed by atoms with van der Waals surface area (Å²) in [7, 11) is 1.54. The second kappa shape index (κ2) is 5.50. The van der Waals surface area contributed by atoms with Gasteiger partial charge in [0.15, 0.2) is 0 Å². The number of carbonyl (C=O) groups is 1. The van der Waals surface area contributed by atoms with E-state index in [9.17, 15) is 4.79 Å². The molecule has 0 N–H and O–H groups in total. The Labute approximate surface area is 141 Å². The molecule has 3 rings (SSSR count). The van der Waals surface area contributed by atoms with Crippen LogP contribution in [0.25, 0.3) is 0 Å². The molecule has 5 atom stereocenters. The van der Waals surface area contributed by atoms with Gasteiger partial charge in [0.05, 0.1) is 12.5 Å². The van der Waals surface area contributed by atoms with Crippen LogP contribution in [0.15, 0.2) is 24.3 Å². The van der Waals surface area contributed by atoms with Crippen molar-refractivity contribution in [2.45, 2.75) is 65.7 Å². The van der Waals surface area contributed by atoms with Crippen molar-refractivity contribution in [1.29, 1.82) is 0 Å². The predicted molar refractivity (Wildman–Crippen MR) is 93.9 cm³/mol. The molecular formula is C21H32O2. The predicted octanol–water partition coefficient (Wildman–Crippen LogP) is 5.29. The van der Waals surface area contributed by atoms with Crippen LogP contribution < -0.4 is 0 Å². The third-order valence-corrected chi connectivity index (χ3v) is 7.67.